The van der Waals surface area contributed by atoms with Crippen LogP contribution in [0.3, 0.4) is 0 Å². The molecule has 0 spiro atoms. The van der Waals surface area contributed by atoms with Crippen molar-refractivity contribution in [1.82, 2.24) is 4.98 Å². The van der Waals surface area contributed by atoms with Crippen molar-refractivity contribution in [2.45, 2.75) is 26.8 Å². The van der Waals surface area contributed by atoms with E-state index in [-0.39, 0.29) is 18.6 Å². The third-order valence-electron chi connectivity index (χ3n) is 2.29. The third-order valence-corrected chi connectivity index (χ3v) is 3.00. The van der Waals surface area contributed by atoms with E-state index in [2.05, 4.69) is 20.9 Å². The van der Waals surface area contributed by atoms with Crippen LogP contribution in [-0.2, 0) is 9.53 Å². The number of aromatic nitrogens is 1. The van der Waals surface area contributed by atoms with Crippen LogP contribution in [0.5, 0.6) is 0 Å². The van der Waals surface area contributed by atoms with E-state index >= 15 is 0 Å². The van der Waals surface area contributed by atoms with Gasteiger partial charge in [0.2, 0.25) is 0 Å². The lowest BCUT2D eigenvalue weighted by atomic mass is 10.3. The molecule has 0 N–H and O–H groups in total. The highest BCUT2D eigenvalue weighted by molar-refractivity contribution is 9.10. The fourth-order valence-corrected chi connectivity index (χ4v) is 2.20. The average molecular weight is 336 g/mol. The minimum Gasteiger partial charge on any atom is -0.465 e. The number of anilines is 1. The Kier molecular flexibility index (Phi) is 5.88. The number of rotatable bonds is 5. The summed E-state index contributed by atoms with van der Waals surface area (Å²) in [5, 5.41) is 0.502. The van der Waals surface area contributed by atoms with Crippen LogP contribution in [-0.4, -0.2) is 30.1 Å². The molecule has 0 saturated heterocycles. The summed E-state index contributed by atoms with van der Waals surface area (Å²) >= 11 is 9.44. The van der Waals surface area contributed by atoms with Crippen LogP contribution >= 0.6 is 27.5 Å². The van der Waals surface area contributed by atoms with Crippen LogP contribution in [0.15, 0.2) is 16.7 Å². The molecule has 1 aromatic rings. The van der Waals surface area contributed by atoms with E-state index in [9.17, 15) is 4.79 Å². The van der Waals surface area contributed by atoms with Gasteiger partial charge in [0.1, 0.15) is 12.4 Å². The van der Waals surface area contributed by atoms with E-state index < -0.39 is 0 Å². The summed E-state index contributed by atoms with van der Waals surface area (Å²) < 4.78 is 5.75. The molecule has 1 heterocycles. The van der Waals surface area contributed by atoms with Gasteiger partial charge in [-0.05, 0) is 42.8 Å². The lowest BCUT2D eigenvalue weighted by molar-refractivity contribution is -0.141. The molecule has 0 aliphatic carbocycles. The largest absolute Gasteiger partial charge is 0.465 e. The predicted molar refractivity (Wildman–Crippen MR) is 76.1 cm³/mol. The van der Waals surface area contributed by atoms with Gasteiger partial charge in [0.15, 0.2) is 0 Å². The number of ether oxygens (including phenoxy) is 1. The molecule has 100 valence electrons. The van der Waals surface area contributed by atoms with Gasteiger partial charge in [-0.15, -0.1) is 0 Å². The molecule has 0 fully saturated rings. The van der Waals surface area contributed by atoms with Crippen LogP contribution in [0.4, 0.5) is 5.82 Å². The highest BCUT2D eigenvalue weighted by Crippen LogP contribution is 2.27. The van der Waals surface area contributed by atoms with Gasteiger partial charge in [-0.2, -0.15) is 0 Å². The van der Waals surface area contributed by atoms with Crippen molar-refractivity contribution in [1.29, 1.82) is 0 Å². The fourth-order valence-electron chi connectivity index (χ4n) is 1.47. The molecular formula is C12H16BrClN2O2. The van der Waals surface area contributed by atoms with Crippen molar-refractivity contribution in [2.75, 3.05) is 18.1 Å². The maximum atomic E-state index is 11.6. The van der Waals surface area contributed by atoms with Gasteiger partial charge >= 0.3 is 5.97 Å². The molecule has 1 aromatic heterocycles. The molecule has 0 bridgehead atoms. The number of esters is 1. The van der Waals surface area contributed by atoms with Crippen molar-refractivity contribution >= 4 is 39.3 Å². The van der Waals surface area contributed by atoms with E-state index in [1.807, 2.05) is 18.7 Å². The number of hydrogen-bond donors (Lipinski definition) is 0. The van der Waals surface area contributed by atoms with Gasteiger partial charge in [-0.1, -0.05) is 11.6 Å². The highest BCUT2D eigenvalue weighted by atomic mass is 79.9. The van der Waals surface area contributed by atoms with Gasteiger partial charge in [-0.3, -0.25) is 4.79 Å². The summed E-state index contributed by atoms with van der Waals surface area (Å²) in [6.07, 6.45) is 1.65. The van der Waals surface area contributed by atoms with Crippen molar-refractivity contribution in [3.63, 3.8) is 0 Å². The Bertz CT molecular complexity index is 427. The Morgan fingerprint density at radius 2 is 2.28 bits per heavy atom. The molecule has 0 radical (unpaired) electrons. The molecule has 6 heteroatoms. The Hall–Kier alpha value is -0.810. The number of carbonyl (C=O) groups is 1. The van der Waals surface area contributed by atoms with Crippen molar-refractivity contribution in [3.8, 4) is 0 Å². The summed E-state index contributed by atoms with van der Waals surface area (Å²) in [5.74, 6) is 0.301. The second-order valence-electron chi connectivity index (χ2n) is 3.99. The topological polar surface area (TPSA) is 42.4 Å². The van der Waals surface area contributed by atoms with Crippen LogP contribution in [0.25, 0.3) is 0 Å². The zero-order chi connectivity index (χ0) is 13.7. The van der Waals surface area contributed by atoms with Crippen molar-refractivity contribution in [3.05, 3.63) is 21.8 Å². The number of carbonyl (C=O) groups excluding carboxylic acids is 1. The molecule has 0 aliphatic rings. The lowest BCUT2D eigenvalue weighted by Crippen LogP contribution is -2.37. The second-order valence-corrected chi connectivity index (χ2v) is 5.31. The molecule has 0 aliphatic heterocycles. The molecule has 0 aromatic carbocycles. The summed E-state index contributed by atoms with van der Waals surface area (Å²) in [6.45, 7) is 6.23. The first-order valence-electron chi connectivity index (χ1n) is 5.69. The first kappa shape index (κ1) is 15.2. The quantitative estimate of drug-likeness (QED) is 0.775. The number of hydrogen-bond acceptors (Lipinski definition) is 4. The smallest absolute Gasteiger partial charge is 0.325 e. The Balaban J connectivity index is 2.94. The Labute approximate surface area is 120 Å². The Morgan fingerprint density at radius 1 is 1.61 bits per heavy atom. The van der Waals surface area contributed by atoms with Gasteiger partial charge < -0.3 is 9.64 Å². The van der Waals surface area contributed by atoms with Crippen LogP contribution in [0.1, 0.15) is 20.8 Å². The molecule has 18 heavy (non-hydrogen) atoms. The summed E-state index contributed by atoms with van der Waals surface area (Å²) in [7, 11) is 0. The first-order chi connectivity index (χ1) is 8.45. The number of pyridine rings is 1. The first-order valence-corrected chi connectivity index (χ1v) is 6.86. The van der Waals surface area contributed by atoms with Gasteiger partial charge in [0.25, 0.3) is 0 Å². The summed E-state index contributed by atoms with van der Waals surface area (Å²) in [6, 6.07) is 1.85. The second kappa shape index (κ2) is 6.95. The standard InChI is InChI=1S/C12H16BrClN2O2/c1-4-18-11(17)7-16(8(2)3)12-10(14)5-9(13)6-15-12/h5-6,8H,4,7H2,1-3H3. The molecular weight excluding hydrogens is 320 g/mol. The van der Waals surface area contributed by atoms with E-state index in [0.717, 1.165) is 4.47 Å². The molecule has 0 amide bonds. The van der Waals surface area contributed by atoms with Crippen LogP contribution in [0, 0.1) is 0 Å². The molecule has 0 unspecified atom stereocenters. The van der Waals surface area contributed by atoms with Crippen LogP contribution < -0.4 is 4.90 Å². The van der Waals surface area contributed by atoms with Crippen LogP contribution in [0.2, 0.25) is 5.02 Å². The number of nitrogens with zero attached hydrogens (tertiary/aromatic N) is 2. The van der Waals surface area contributed by atoms with Gasteiger partial charge in [-0.25, -0.2) is 4.98 Å². The van der Waals surface area contributed by atoms with Crippen molar-refractivity contribution < 1.29 is 9.53 Å². The molecule has 1 rings (SSSR count). The highest BCUT2D eigenvalue weighted by Gasteiger charge is 2.19. The predicted octanol–water partition coefficient (Wildman–Crippen LogP) is 3.28. The van der Waals surface area contributed by atoms with Crippen molar-refractivity contribution in [2.24, 2.45) is 0 Å². The maximum Gasteiger partial charge on any atom is 0.325 e. The van der Waals surface area contributed by atoms with E-state index in [1.165, 1.54) is 0 Å². The maximum absolute atomic E-state index is 11.6. The van der Waals surface area contributed by atoms with E-state index in [0.29, 0.717) is 17.4 Å². The van der Waals surface area contributed by atoms with E-state index in [4.69, 9.17) is 16.3 Å². The summed E-state index contributed by atoms with van der Waals surface area (Å²) in [5.41, 5.74) is 0. The SMILES string of the molecule is CCOC(=O)CN(c1ncc(Br)cc1Cl)C(C)C. The monoisotopic (exact) mass is 334 g/mol. The van der Waals surface area contributed by atoms with Gasteiger partial charge in [0.05, 0.1) is 11.6 Å². The number of halogens is 2. The summed E-state index contributed by atoms with van der Waals surface area (Å²) in [4.78, 5) is 17.6. The minimum absolute atomic E-state index is 0.0978. The Morgan fingerprint density at radius 3 is 2.78 bits per heavy atom. The van der Waals surface area contributed by atoms with E-state index in [1.54, 1.807) is 19.2 Å². The zero-order valence-electron chi connectivity index (χ0n) is 10.6. The molecule has 0 atom stereocenters. The minimum atomic E-state index is -0.285. The molecule has 0 saturated carbocycles. The molecule has 4 nitrogen and oxygen atoms in total. The average Bonchev–Trinajstić information content (AvgIpc) is 2.27. The lowest BCUT2D eigenvalue weighted by Gasteiger charge is -2.27. The van der Waals surface area contributed by atoms with Gasteiger partial charge in [0, 0.05) is 16.7 Å². The zero-order valence-corrected chi connectivity index (χ0v) is 13.0. The normalized spacial score (nSPS) is 10.6. The fraction of sp³-hybridized carbons (Fsp3) is 0.500. The third kappa shape index (κ3) is 4.14.